The van der Waals surface area contributed by atoms with Gasteiger partial charge in [-0.1, -0.05) is 31.2 Å². The molecule has 0 atom stereocenters. The van der Waals surface area contributed by atoms with Gasteiger partial charge in [0.2, 0.25) is 0 Å². The lowest BCUT2D eigenvalue weighted by Gasteiger charge is -2.11. The van der Waals surface area contributed by atoms with Crippen LogP contribution >= 0.6 is 0 Å². The zero-order chi connectivity index (χ0) is 14.7. The van der Waals surface area contributed by atoms with E-state index < -0.39 is 0 Å². The standard InChI is InChI=1S/C16H19N5/c1-12(2)8-18-9-14-10-19-20-21(14)16-5-3-4-13-6-7-17-11-15(13)16/h3-7,10-12,18H,8-9H2,1-2H3. The quantitative estimate of drug-likeness (QED) is 0.781. The van der Waals surface area contributed by atoms with Crippen LogP contribution in [0.15, 0.2) is 42.9 Å². The van der Waals surface area contributed by atoms with E-state index in [1.165, 1.54) is 0 Å². The molecule has 2 aromatic heterocycles. The van der Waals surface area contributed by atoms with E-state index in [0.29, 0.717) is 5.92 Å². The molecule has 0 aliphatic heterocycles. The van der Waals surface area contributed by atoms with Gasteiger partial charge in [0.15, 0.2) is 0 Å². The predicted molar refractivity (Wildman–Crippen MR) is 83.2 cm³/mol. The molecule has 1 aromatic carbocycles. The van der Waals surface area contributed by atoms with Gasteiger partial charge >= 0.3 is 0 Å². The van der Waals surface area contributed by atoms with Crippen LogP contribution in [0.1, 0.15) is 19.5 Å². The minimum Gasteiger partial charge on any atom is -0.311 e. The van der Waals surface area contributed by atoms with E-state index in [1.54, 1.807) is 6.20 Å². The molecule has 0 fully saturated rings. The van der Waals surface area contributed by atoms with Crippen LogP contribution in [-0.2, 0) is 6.54 Å². The van der Waals surface area contributed by atoms with Crippen molar-refractivity contribution in [2.24, 2.45) is 5.92 Å². The van der Waals surface area contributed by atoms with Crippen molar-refractivity contribution in [2.45, 2.75) is 20.4 Å². The molecule has 0 radical (unpaired) electrons. The van der Waals surface area contributed by atoms with Crippen LogP contribution in [0, 0.1) is 5.92 Å². The minimum absolute atomic E-state index is 0.621. The Bertz CT molecular complexity index is 727. The molecule has 0 saturated heterocycles. The molecule has 0 aliphatic rings. The van der Waals surface area contributed by atoms with Crippen LogP contribution in [0.3, 0.4) is 0 Å². The third-order valence-electron chi connectivity index (χ3n) is 3.37. The average molecular weight is 281 g/mol. The summed E-state index contributed by atoms with van der Waals surface area (Å²) >= 11 is 0. The number of nitrogens with one attached hydrogen (secondary N) is 1. The van der Waals surface area contributed by atoms with Crippen molar-refractivity contribution in [3.05, 3.63) is 48.5 Å². The van der Waals surface area contributed by atoms with Gasteiger partial charge in [-0.3, -0.25) is 4.98 Å². The number of aromatic nitrogens is 4. The number of hydrogen-bond donors (Lipinski definition) is 1. The maximum absolute atomic E-state index is 4.23. The predicted octanol–water partition coefficient (Wildman–Crippen LogP) is 2.56. The molecule has 3 rings (SSSR count). The Kier molecular flexibility index (Phi) is 3.92. The first-order chi connectivity index (χ1) is 10.3. The smallest absolute Gasteiger partial charge is 0.0783 e. The van der Waals surface area contributed by atoms with E-state index in [9.17, 15) is 0 Å². The maximum Gasteiger partial charge on any atom is 0.0783 e. The molecule has 2 heterocycles. The molecule has 0 unspecified atom stereocenters. The van der Waals surface area contributed by atoms with Crippen LogP contribution in [0.25, 0.3) is 16.5 Å². The van der Waals surface area contributed by atoms with Gasteiger partial charge in [0.05, 0.1) is 17.6 Å². The Morgan fingerprint density at radius 1 is 1.19 bits per heavy atom. The Hall–Kier alpha value is -2.27. The molecule has 5 nitrogen and oxygen atoms in total. The summed E-state index contributed by atoms with van der Waals surface area (Å²) in [5, 5.41) is 13.9. The summed E-state index contributed by atoms with van der Waals surface area (Å²) in [4.78, 5) is 4.22. The highest BCUT2D eigenvalue weighted by atomic mass is 15.4. The molecule has 1 N–H and O–H groups in total. The summed E-state index contributed by atoms with van der Waals surface area (Å²) in [6, 6.07) is 8.16. The Morgan fingerprint density at radius 2 is 2.10 bits per heavy atom. The molecule has 108 valence electrons. The van der Waals surface area contributed by atoms with Gasteiger partial charge in [-0.2, -0.15) is 0 Å². The maximum atomic E-state index is 4.23. The summed E-state index contributed by atoms with van der Waals surface area (Å²) in [7, 11) is 0. The highest BCUT2D eigenvalue weighted by Gasteiger charge is 2.09. The van der Waals surface area contributed by atoms with E-state index in [1.807, 2.05) is 35.3 Å². The number of hydrogen-bond acceptors (Lipinski definition) is 4. The number of nitrogens with zero attached hydrogens (tertiary/aromatic N) is 4. The SMILES string of the molecule is CC(C)CNCc1cnnn1-c1cccc2ccncc12. The molecule has 0 saturated carbocycles. The molecule has 0 aliphatic carbocycles. The van der Waals surface area contributed by atoms with Crippen molar-refractivity contribution in [3.8, 4) is 5.69 Å². The fourth-order valence-electron chi connectivity index (χ4n) is 2.35. The van der Waals surface area contributed by atoms with Crippen molar-refractivity contribution in [2.75, 3.05) is 6.54 Å². The summed E-state index contributed by atoms with van der Waals surface area (Å²) in [6.07, 6.45) is 5.48. The van der Waals surface area contributed by atoms with Crippen LogP contribution in [-0.4, -0.2) is 26.5 Å². The summed E-state index contributed by atoms with van der Waals surface area (Å²) in [6.45, 7) is 6.11. The molecule has 0 amide bonds. The monoisotopic (exact) mass is 281 g/mol. The van der Waals surface area contributed by atoms with E-state index in [-0.39, 0.29) is 0 Å². The van der Waals surface area contributed by atoms with Gasteiger partial charge in [0.25, 0.3) is 0 Å². The van der Waals surface area contributed by atoms with Crippen molar-refractivity contribution >= 4 is 10.8 Å². The van der Waals surface area contributed by atoms with Crippen LogP contribution in [0.2, 0.25) is 0 Å². The first kappa shape index (κ1) is 13.7. The molecular weight excluding hydrogens is 262 g/mol. The second-order valence-corrected chi connectivity index (χ2v) is 5.54. The third kappa shape index (κ3) is 2.92. The molecule has 5 heteroatoms. The average Bonchev–Trinajstić information content (AvgIpc) is 2.94. The third-order valence-corrected chi connectivity index (χ3v) is 3.37. The fraction of sp³-hybridized carbons (Fsp3) is 0.312. The van der Waals surface area contributed by atoms with Crippen molar-refractivity contribution in [1.29, 1.82) is 0 Å². The fourth-order valence-corrected chi connectivity index (χ4v) is 2.35. The lowest BCUT2D eigenvalue weighted by Crippen LogP contribution is -2.20. The number of benzene rings is 1. The van der Waals surface area contributed by atoms with Crippen LogP contribution < -0.4 is 5.32 Å². The lowest BCUT2D eigenvalue weighted by molar-refractivity contribution is 0.542. The Morgan fingerprint density at radius 3 is 2.95 bits per heavy atom. The van der Waals surface area contributed by atoms with Gasteiger partial charge < -0.3 is 5.32 Å². The Balaban J connectivity index is 1.94. The summed E-state index contributed by atoms with van der Waals surface area (Å²) < 4.78 is 1.89. The van der Waals surface area contributed by atoms with Crippen molar-refractivity contribution in [3.63, 3.8) is 0 Å². The highest BCUT2D eigenvalue weighted by molar-refractivity contribution is 5.89. The second-order valence-electron chi connectivity index (χ2n) is 5.54. The molecule has 0 spiro atoms. The lowest BCUT2D eigenvalue weighted by atomic mass is 10.1. The van der Waals surface area contributed by atoms with Gasteiger partial charge in [-0.25, -0.2) is 4.68 Å². The molecular formula is C16H19N5. The van der Waals surface area contributed by atoms with E-state index in [4.69, 9.17) is 0 Å². The topological polar surface area (TPSA) is 55.6 Å². The first-order valence-electron chi connectivity index (χ1n) is 7.19. The minimum atomic E-state index is 0.621. The van der Waals surface area contributed by atoms with Crippen LogP contribution in [0.5, 0.6) is 0 Å². The molecule has 21 heavy (non-hydrogen) atoms. The summed E-state index contributed by atoms with van der Waals surface area (Å²) in [5.74, 6) is 0.621. The van der Waals surface area contributed by atoms with Crippen molar-refractivity contribution < 1.29 is 0 Å². The zero-order valence-corrected chi connectivity index (χ0v) is 12.3. The summed E-state index contributed by atoms with van der Waals surface area (Å²) in [5.41, 5.74) is 2.06. The van der Waals surface area contributed by atoms with Gasteiger partial charge in [-0.15, -0.1) is 5.10 Å². The zero-order valence-electron chi connectivity index (χ0n) is 12.3. The largest absolute Gasteiger partial charge is 0.311 e. The van der Waals surface area contributed by atoms with E-state index >= 15 is 0 Å². The van der Waals surface area contributed by atoms with Gasteiger partial charge in [-0.05, 0) is 30.0 Å². The molecule has 0 bridgehead atoms. The number of pyridine rings is 1. The first-order valence-corrected chi connectivity index (χ1v) is 7.19. The number of fused-ring (bicyclic) bond motifs is 1. The van der Waals surface area contributed by atoms with E-state index in [2.05, 4.69) is 40.5 Å². The van der Waals surface area contributed by atoms with Crippen molar-refractivity contribution in [1.82, 2.24) is 25.3 Å². The Labute approximate surface area is 124 Å². The highest BCUT2D eigenvalue weighted by Crippen LogP contribution is 2.21. The molecule has 3 aromatic rings. The normalized spacial score (nSPS) is 11.4. The van der Waals surface area contributed by atoms with Gasteiger partial charge in [0, 0.05) is 24.3 Å². The van der Waals surface area contributed by atoms with Crippen LogP contribution in [0.4, 0.5) is 0 Å². The second kappa shape index (κ2) is 6.01. The number of rotatable bonds is 5. The van der Waals surface area contributed by atoms with Gasteiger partial charge in [0.1, 0.15) is 0 Å². The van der Waals surface area contributed by atoms with E-state index in [0.717, 1.165) is 35.2 Å².